The summed E-state index contributed by atoms with van der Waals surface area (Å²) < 4.78 is 4.91. The molecule has 9 nitrogen and oxygen atoms in total. The second-order valence-corrected chi connectivity index (χ2v) is 5.44. The van der Waals surface area contributed by atoms with E-state index in [2.05, 4.69) is 5.32 Å². The third-order valence-electron chi connectivity index (χ3n) is 3.58. The summed E-state index contributed by atoms with van der Waals surface area (Å²) in [4.78, 5) is 61.3. The number of nitrogens with one attached hydrogen (secondary N) is 1. The lowest BCUT2D eigenvalue weighted by atomic mass is 10.2. The minimum atomic E-state index is -1.04. The fourth-order valence-corrected chi connectivity index (χ4v) is 2.42. The zero-order valence-corrected chi connectivity index (χ0v) is 14.5. The molecule has 0 atom stereocenters. The van der Waals surface area contributed by atoms with Crippen molar-refractivity contribution < 1.29 is 28.7 Å². The van der Waals surface area contributed by atoms with Crippen LogP contribution in [0.4, 0.5) is 10.5 Å². The fourth-order valence-electron chi connectivity index (χ4n) is 2.42. The quantitative estimate of drug-likeness (QED) is 0.440. The van der Waals surface area contributed by atoms with Crippen molar-refractivity contribution in [3.05, 3.63) is 29.8 Å². The SMILES string of the molecule is CCCN1C(=O)C(=O)N(CC(=O)Nc2ccccc2C(=O)OCC)C1=O. The summed E-state index contributed by atoms with van der Waals surface area (Å²) in [6, 6.07) is 5.36. The van der Waals surface area contributed by atoms with Crippen LogP contribution in [0.1, 0.15) is 30.6 Å². The van der Waals surface area contributed by atoms with Crippen molar-refractivity contribution in [2.24, 2.45) is 0 Å². The van der Waals surface area contributed by atoms with Gasteiger partial charge in [0.2, 0.25) is 5.91 Å². The molecule has 0 unspecified atom stereocenters. The van der Waals surface area contributed by atoms with Gasteiger partial charge in [-0.1, -0.05) is 19.1 Å². The van der Waals surface area contributed by atoms with Crippen LogP contribution in [0.15, 0.2) is 24.3 Å². The van der Waals surface area contributed by atoms with E-state index in [1.54, 1.807) is 26.0 Å². The van der Waals surface area contributed by atoms with Gasteiger partial charge in [-0.15, -0.1) is 0 Å². The first-order valence-corrected chi connectivity index (χ1v) is 8.14. The number of para-hydroxylation sites is 1. The maximum atomic E-state index is 12.2. The highest BCUT2D eigenvalue weighted by atomic mass is 16.5. The molecular formula is C17H19N3O6. The molecule has 2 rings (SSSR count). The summed E-state index contributed by atoms with van der Waals surface area (Å²) in [5.74, 6) is -3.32. The van der Waals surface area contributed by atoms with Crippen molar-refractivity contribution in [3.8, 4) is 0 Å². The first kappa shape index (κ1) is 19.1. The van der Waals surface area contributed by atoms with Gasteiger partial charge in [-0.25, -0.2) is 14.5 Å². The molecule has 1 heterocycles. The number of amides is 5. The van der Waals surface area contributed by atoms with Crippen LogP contribution in [0.2, 0.25) is 0 Å². The third kappa shape index (κ3) is 3.88. The first-order chi connectivity index (χ1) is 12.4. The summed E-state index contributed by atoms with van der Waals surface area (Å²) in [6.07, 6.45) is 0.498. The van der Waals surface area contributed by atoms with Gasteiger partial charge < -0.3 is 10.1 Å². The molecule has 0 bridgehead atoms. The zero-order chi connectivity index (χ0) is 19.3. The molecule has 0 spiro atoms. The Balaban J connectivity index is 2.10. The Bertz CT molecular complexity index is 761. The number of anilines is 1. The molecule has 1 aromatic rings. The van der Waals surface area contributed by atoms with E-state index >= 15 is 0 Å². The summed E-state index contributed by atoms with van der Waals surface area (Å²) in [7, 11) is 0. The van der Waals surface area contributed by atoms with Crippen molar-refractivity contribution in [2.75, 3.05) is 25.0 Å². The predicted octanol–water partition coefficient (Wildman–Crippen LogP) is 1.00. The van der Waals surface area contributed by atoms with E-state index < -0.39 is 36.3 Å². The minimum absolute atomic E-state index is 0.104. The highest BCUT2D eigenvalue weighted by molar-refractivity contribution is 6.45. The smallest absolute Gasteiger partial charge is 0.340 e. The number of hydrogen-bond acceptors (Lipinski definition) is 6. The highest BCUT2D eigenvalue weighted by Gasteiger charge is 2.44. The number of esters is 1. The van der Waals surface area contributed by atoms with Crippen LogP contribution in [-0.4, -0.2) is 59.2 Å². The topological polar surface area (TPSA) is 113 Å². The van der Waals surface area contributed by atoms with Gasteiger partial charge in [-0.3, -0.25) is 19.3 Å². The van der Waals surface area contributed by atoms with Crippen molar-refractivity contribution in [1.29, 1.82) is 0 Å². The number of urea groups is 1. The Morgan fingerprint density at radius 2 is 1.69 bits per heavy atom. The molecule has 9 heteroatoms. The molecule has 138 valence electrons. The highest BCUT2D eigenvalue weighted by Crippen LogP contribution is 2.17. The molecule has 1 aromatic carbocycles. The van der Waals surface area contributed by atoms with Gasteiger partial charge in [0.05, 0.1) is 17.9 Å². The molecule has 1 aliphatic heterocycles. The first-order valence-electron chi connectivity index (χ1n) is 8.14. The van der Waals surface area contributed by atoms with E-state index in [0.717, 1.165) is 4.90 Å². The van der Waals surface area contributed by atoms with Gasteiger partial charge in [0.1, 0.15) is 6.54 Å². The largest absolute Gasteiger partial charge is 0.462 e. The normalized spacial score (nSPS) is 14.0. The van der Waals surface area contributed by atoms with E-state index in [4.69, 9.17) is 4.74 Å². The van der Waals surface area contributed by atoms with Crippen LogP contribution < -0.4 is 5.32 Å². The second-order valence-electron chi connectivity index (χ2n) is 5.44. The van der Waals surface area contributed by atoms with Crippen LogP contribution in [0.3, 0.4) is 0 Å². The van der Waals surface area contributed by atoms with Crippen LogP contribution in [0.25, 0.3) is 0 Å². The molecule has 0 saturated carbocycles. The Labute approximate surface area is 149 Å². The molecule has 1 aliphatic rings. The van der Waals surface area contributed by atoms with E-state index in [-0.39, 0.29) is 24.4 Å². The number of carbonyl (C=O) groups excluding carboxylic acids is 5. The molecule has 26 heavy (non-hydrogen) atoms. The Hall–Kier alpha value is -3.23. The van der Waals surface area contributed by atoms with Crippen molar-refractivity contribution in [3.63, 3.8) is 0 Å². The molecule has 1 saturated heterocycles. The lowest BCUT2D eigenvalue weighted by Gasteiger charge is -2.15. The van der Waals surface area contributed by atoms with Crippen LogP contribution in [0.5, 0.6) is 0 Å². The number of ether oxygens (including phenoxy) is 1. The van der Waals surface area contributed by atoms with Gasteiger partial charge in [-0.2, -0.15) is 0 Å². The summed E-state index contributed by atoms with van der Waals surface area (Å²) in [6.45, 7) is 3.07. The maximum Gasteiger partial charge on any atom is 0.340 e. The molecular weight excluding hydrogens is 342 g/mol. The van der Waals surface area contributed by atoms with Crippen LogP contribution >= 0.6 is 0 Å². The average molecular weight is 361 g/mol. The fraction of sp³-hybridized carbons (Fsp3) is 0.353. The number of carbonyl (C=O) groups is 5. The van der Waals surface area contributed by atoms with Gasteiger partial charge in [0.25, 0.3) is 0 Å². The predicted molar refractivity (Wildman–Crippen MR) is 90.1 cm³/mol. The van der Waals surface area contributed by atoms with Crippen molar-refractivity contribution >= 4 is 35.4 Å². The number of benzene rings is 1. The van der Waals surface area contributed by atoms with Gasteiger partial charge >= 0.3 is 23.8 Å². The van der Waals surface area contributed by atoms with Gasteiger partial charge in [0, 0.05) is 6.54 Å². The van der Waals surface area contributed by atoms with Crippen molar-refractivity contribution in [2.45, 2.75) is 20.3 Å². The lowest BCUT2D eigenvalue weighted by molar-refractivity contribution is -0.143. The Kier molecular flexibility index (Phi) is 6.05. The number of imide groups is 2. The minimum Gasteiger partial charge on any atom is -0.462 e. The Morgan fingerprint density at radius 3 is 2.35 bits per heavy atom. The molecule has 1 fully saturated rings. The van der Waals surface area contributed by atoms with E-state index in [0.29, 0.717) is 11.3 Å². The van der Waals surface area contributed by atoms with E-state index in [9.17, 15) is 24.0 Å². The lowest BCUT2D eigenvalue weighted by Crippen LogP contribution is -2.39. The summed E-state index contributed by atoms with van der Waals surface area (Å²) in [5, 5.41) is 2.46. The van der Waals surface area contributed by atoms with E-state index in [1.165, 1.54) is 12.1 Å². The van der Waals surface area contributed by atoms with Gasteiger partial charge in [-0.05, 0) is 25.5 Å². The van der Waals surface area contributed by atoms with Crippen LogP contribution in [0, 0.1) is 0 Å². The number of rotatable bonds is 7. The van der Waals surface area contributed by atoms with Crippen molar-refractivity contribution in [1.82, 2.24) is 9.80 Å². The molecule has 1 N–H and O–H groups in total. The van der Waals surface area contributed by atoms with Crippen LogP contribution in [-0.2, 0) is 19.1 Å². The summed E-state index contributed by atoms with van der Waals surface area (Å²) in [5.41, 5.74) is 0.331. The standard InChI is InChI=1S/C17H19N3O6/c1-3-9-19-14(22)15(23)20(17(19)25)10-13(21)18-12-8-6-5-7-11(12)16(24)26-4-2/h5-8H,3-4,9-10H2,1-2H3,(H,18,21). The molecule has 5 amide bonds. The second kappa shape index (κ2) is 8.24. The van der Waals surface area contributed by atoms with Gasteiger partial charge in [0.15, 0.2) is 0 Å². The zero-order valence-electron chi connectivity index (χ0n) is 14.5. The number of hydrogen-bond donors (Lipinski definition) is 1. The third-order valence-corrected chi connectivity index (χ3v) is 3.58. The molecule has 0 aromatic heterocycles. The maximum absolute atomic E-state index is 12.2. The summed E-state index contributed by atoms with van der Waals surface area (Å²) >= 11 is 0. The average Bonchev–Trinajstić information content (AvgIpc) is 2.81. The Morgan fingerprint density at radius 1 is 1.04 bits per heavy atom. The molecule has 0 radical (unpaired) electrons. The molecule has 0 aliphatic carbocycles. The number of nitrogens with zero attached hydrogens (tertiary/aromatic N) is 2. The van der Waals surface area contributed by atoms with E-state index in [1.807, 2.05) is 0 Å². The monoisotopic (exact) mass is 361 g/mol.